The van der Waals surface area contributed by atoms with E-state index in [1.54, 1.807) is 0 Å². The Labute approximate surface area is 144 Å². The van der Waals surface area contributed by atoms with Crippen LogP contribution in [0.3, 0.4) is 0 Å². The van der Waals surface area contributed by atoms with Gasteiger partial charge in [-0.3, -0.25) is 4.57 Å². The summed E-state index contributed by atoms with van der Waals surface area (Å²) in [4.78, 5) is 4.73. The monoisotopic (exact) mass is 430 g/mol. The van der Waals surface area contributed by atoms with Gasteiger partial charge in [0.1, 0.15) is 11.3 Å². The Morgan fingerprint density at radius 1 is 1.29 bits per heavy atom. The largest absolute Gasteiger partial charge is 0.280 e. The summed E-state index contributed by atoms with van der Waals surface area (Å²) in [5.41, 5.74) is 3.85. The van der Waals surface area contributed by atoms with E-state index in [0.717, 1.165) is 37.3 Å². The molecule has 0 N–H and O–H groups in total. The number of rotatable bonds is 3. The lowest BCUT2D eigenvalue weighted by Crippen LogP contribution is -2.06. The maximum Gasteiger partial charge on any atom is 0.163 e. The predicted molar refractivity (Wildman–Crippen MR) is 92.4 cm³/mol. The zero-order chi connectivity index (χ0) is 15.1. The zero-order valence-corrected chi connectivity index (χ0v) is 15.5. The lowest BCUT2D eigenvalue weighted by Gasteiger charge is -2.11. The van der Waals surface area contributed by atoms with Crippen LogP contribution in [0.5, 0.6) is 0 Å². The summed E-state index contributed by atoms with van der Waals surface area (Å²) >= 11 is 13.1. The fourth-order valence-electron chi connectivity index (χ4n) is 2.48. The molecule has 3 aromatic rings. The molecule has 0 amide bonds. The molecule has 1 aromatic carbocycles. The van der Waals surface area contributed by atoms with Crippen LogP contribution in [0.15, 0.2) is 27.1 Å². The van der Waals surface area contributed by atoms with E-state index in [4.69, 9.17) is 16.6 Å². The van der Waals surface area contributed by atoms with Crippen LogP contribution in [-0.2, 0) is 13.5 Å². The molecule has 7 heteroatoms. The van der Waals surface area contributed by atoms with Crippen LogP contribution in [0, 0.1) is 6.92 Å². The van der Waals surface area contributed by atoms with E-state index in [2.05, 4.69) is 47.6 Å². The van der Waals surface area contributed by atoms with Gasteiger partial charge in [-0.1, -0.05) is 15.9 Å². The SMILES string of the molecule is Cc1nn(C)c2c1nc(CCCl)n2-c1cc(Br)ccc1Br. The molecule has 2 aromatic heterocycles. The quantitative estimate of drug-likeness (QED) is 0.576. The number of imidazole rings is 1. The Morgan fingerprint density at radius 2 is 2.05 bits per heavy atom. The molecule has 0 aliphatic rings. The predicted octanol–water partition coefficient (Wildman–Crippen LogP) is 4.37. The maximum absolute atomic E-state index is 5.94. The molecular weight excluding hydrogens is 419 g/mol. The van der Waals surface area contributed by atoms with E-state index in [0.29, 0.717) is 12.3 Å². The number of benzene rings is 1. The molecule has 0 radical (unpaired) electrons. The van der Waals surface area contributed by atoms with E-state index in [-0.39, 0.29) is 0 Å². The summed E-state index contributed by atoms with van der Waals surface area (Å²) in [6.45, 7) is 1.97. The highest BCUT2D eigenvalue weighted by atomic mass is 79.9. The summed E-state index contributed by atoms with van der Waals surface area (Å²) < 4.78 is 5.99. The number of aromatic nitrogens is 4. The lowest BCUT2D eigenvalue weighted by atomic mass is 10.3. The fraction of sp³-hybridized carbons (Fsp3) is 0.286. The minimum Gasteiger partial charge on any atom is -0.280 e. The Kier molecular flexibility index (Phi) is 4.12. The number of halogens is 3. The second-order valence-corrected chi connectivity index (χ2v) is 6.93. The van der Waals surface area contributed by atoms with Gasteiger partial charge in [-0.05, 0) is 41.1 Å². The molecule has 0 saturated carbocycles. The molecule has 0 aliphatic carbocycles. The van der Waals surface area contributed by atoms with Crippen LogP contribution in [0.1, 0.15) is 11.5 Å². The molecule has 21 heavy (non-hydrogen) atoms. The number of hydrogen-bond donors (Lipinski definition) is 0. The van der Waals surface area contributed by atoms with Gasteiger partial charge in [-0.15, -0.1) is 11.6 Å². The van der Waals surface area contributed by atoms with E-state index in [1.165, 1.54) is 0 Å². The zero-order valence-electron chi connectivity index (χ0n) is 11.6. The van der Waals surface area contributed by atoms with Gasteiger partial charge in [-0.2, -0.15) is 5.10 Å². The molecule has 110 valence electrons. The van der Waals surface area contributed by atoms with Crippen LogP contribution >= 0.6 is 43.5 Å². The molecular formula is C14H13Br2ClN4. The summed E-state index contributed by atoms with van der Waals surface area (Å²) in [6, 6.07) is 6.07. The Morgan fingerprint density at radius 3 is 2.76 bits per heavy atom. The first-order chi connectivity index (χ1) is 10.0. The van der Waals surface area contributed by atoms with E-state index in [9.17, 15) is 0 Å². The molecule has 0 saturated heterocycles. The highest BCUT2D eigenvalue weighted by Crippen LogP contribution is 2.30. The first kappa shape index (κ1) is 15.1. The van der Waals surface area contributed by atoms with Crippen molar-refractivity contribution in [1.29, 1.82) is 0 Å². The van der Waals surface area contributed by atoms with Crippen molar-refractivity contribution in [1.82, 2.24) is 19.3 Å². The third kappa shape index (κ3) is 2.53. The van der Waals surface area contributed by atoms with Crippen molar-refractivity contribution >= 4 is 54.6 Å². The van der Waals surface area contributed by atoms with Crippen molar-refractivity contribution in [3.8, 4) is 5.69 Å². The Bertz CT molecular complexity index is 822. The minimum atomic E-state index is 0.529. The Balaban J connectivity index is 2.38. The Hall–Kier alpha value is -0.850. The molecule has 4 nitrogen and oxygen atoms in total. The third-order valence-corrected chi connectivity index (χ3v) is 4.69. The minimum absolute atomic E-state index is 0.529. The first-order valence-electron chi connectivity index (χ1n) is 6.45. The van der Waals surface area contributed by atoms with Gasteiger partial charge < -0.3 is 0 Å². The van der Waals surface area contributed by atoms with Crippen molar-refractivity contribution in [3.63, 3.8) is 0 Å². The lowest BCUT2D eigenvalue weighted by molar-refractivity contribution is 0.750. The number of aryl methyl sites for hydroxylation is 3. The van der Waals surface area contributed by atoms with E-state index >= 15 is 0 Å². The topological polar surface area (TPSA) is 35.6 Å². The molecule has 2 heterocycles. The number of hydrogen-bond acceptors (Lipinski definition) is 2. The van der Waals surface area contributed by atoms with Crippen LogP contribution in [0.4, 0.5) is 0 Å². The number of alkyl halides is 1. The van der Waals surface area contributed by atoms with E-state index in [1.807, 2.05) is 30.8 Å². The van der Waals surface area contributed by atoms with Crippen molar-refractivity contribution in [2.24, 2.45) is 7.05 Å². The van der Waals surface area contributed by atoms with Crippen LogP contribution in [-0.4, -0.2) is 25.2 Å². The van der Waals surface area contributed by atoms with Gasteiger partial charge in [-0.25, -0.2) is 9.67 Å². The molecule has 0 bridgehead atoms. The number of fused-ring (bicyclic) bond motifs is 1. The normalized spacial score (nSPS) is 11.5. The molecule has 0 atom stereocenters. The number of nitrogens with zero attached hydrogens (tertiary/aromatic N) is 4. The van der Waals surface area contributed by atoms with Crippen molar-refractivity contribution in [2.75, 3.05) is 5.88 Å². The first-order valence-corrected chi connectivity index (χ1v) is 8.57. The second-order valence-electron chi connectivity index (χ2n) is 4.78. The summed E-state index contributed by atoms with van der Waals surface area (Å²) in [6.07, 6.45) is 0.703. The standard InChI is InChI=1S/C14H13Br2ClN4/c1-8-13-14(20(2)19-8)21(12(18-13)5-6-17)11-7-9(15)3-4-10(11)16/h3-4,7H,5-6H2,1-2H3. The second kappa shape index (κ2) is 5.74. The van der Waals surface area contributed by atoms with Crippen LogP contribution in [0.2, 0.25) is 0 Å². The molecule has 0 aliphatic heterocycles. The molecule has 3 rings (SSSR count). The van der Waals surface area contributed by atoms with Crippen molar-refractivity contribution < 1.29 is 0 Å². The fourth-order valence-corrected chi connectivity index (χ4v) is 3.42. The molecule has 0 fully saturated rings. The average Bonchev–Trinajstić information content (AvgIpc) is 2.93. The van der Waals surface area contributed by atoms with Crippen molar-refractivity contribution in [2.45, 2.75) is 13.3 Å². The summed E-state index contributed by atoms with van der Waals surface area (Å²) in [5.74, 6) is 1.47. The van der Waals surface area contributed by atoms with Crippen LogP contribution in [0.25, 0.3) is 16.9 Å². The molecule has 0 unspecified atom stereocenters. The van der Waals surface area contributed by atoms with Gasteiger partial charge in [0, 0.05) is 28.3 Å². The third-order valence-electron chi connectivity index (χ3n) is 3.34. The van der Waals surface area contributed by atoms with Gasteiger partial charge in [0.2, 0.25) is 0 Å². The van der Waals surface area contributed by atoms with E-state index < -0.39 is 0 Å². The smallest absolute Gasteiger partial charge is 0.163 e. The van der Waals surface area contributed by atoms with Crippen LogP contribution < -0.4 is 0 Å². The van der Waals surface area contributed by atoms with Gasteiger partial charge in [0.25, 0.3) is 0 Å². The van der Waals surface area contributed by atoms with Gasteiger partial charge >= 0.3 is 0 Å². The van der Waals surface area contributed by atoms with Gasteiger partial charge in [0.15, 0.2) is 5.65 Å². The highest BCUT2D eigenvalue weighted by Gasteiger charge is 2.19. The summed E-state index contributed by atoms with van der Waals surface area (Å²) in [5, 5.41) is 4.46. The van der Waals surface area contributed by atoms with Gasteiger partial charge in [0.05, 0.1) is 11.4 Å². The highest BCUT2D eigenvalue weighted by molar-refractivity contribution is 9.11. The summed E-state index contributed by atoms with van der Waals surface area (Å²) in [7, 11) is 1.93. The van der Waals surface area contributed by atoms with Crippen molar-refractivity contribution in [3.05, 3.63) is 38.7 Å². The maximum atomic E-state index is 5.94. The average molecular weight is 433 g/mol. The molecule has 0 spiro atoms.